The van der Waals surface area contributed by atoms with Gasteiger partial charge in [-0.15, -0.1) is 11.8 Å². The number of aromatic nitrogens is 2. The third-order valence-corrected chi connectivity index (χ3v) is 7.85. The molecule has 5 aromatic rings. The van der Waals surface area contributed by atoms with E-state index in [4.69, 9.17) is 33.4 Å². The minimum Gasteiger partial charge on any atom is -0.267 e. The summed E-state index contributed by atoms with van der Waals surface area (Å²) in [6.45, 7) is 0. The molecule has 0 N–H and O–H groups in total. The van der Waals surface area contributed by atoms with Gasteiger partial charge in [0.2, 0.25) is 0 Å². The average Bonchev–Trinajstić information content (AvgIpc) is 3.55. The number of anilines is 1. The Morgan fingerprint density at radius 3 is 2.00 bits per heavy atom. The molecule has 5 nitrogen and oxygen atoms in total. The maximum Gasteiger partial charge on any atom is 0.280 e. The van der Waals surface area contributed by atoms with Crippen molar-refractivity contribution in [2.45, 2.75) is 4.90 Å². The lowest BCUT2D eigenvalue weighted by Crippen LogP contribution is -2.21. The zero-order chi connectivity index (χ0) is 27.5. The zero-order valence-electron chi connectivity index (χ0n) is 21.1. The Bertz CT molecular complexity index is 1720. The van der Waals surface area contributed by atoms with Gasteiger partial charge in [0, 0.05) is 38.0 Å². The summed E-state index contributed by atoms with van der Waals surface area (Å²) in [6, 6.07) is 34.5. The summed E-state index contributed by atoms with van der Waals surface area (Å²) < 4.78 is 1.82. The second kappa shape index (κ2) is 11.6. The van der Waals surface area contributed by atoms with Crippen molar-refractivity contribution in [1.29, 1.82) is 0 Å². The highest BCUT2D eigenvalue weighted by atomic mass is 35.5. The van der Waals surface area contributed by atoms with E-state index in [1.54, 1.807) is 11.8 Å². The Labute approximate surface area is 246 Å². The third kappa shape index (κ3) is 5.61. The van der Waals surface area contributed by atoms with Gasteiger partial charge in [0.15, 0.2) is 0 Å². The van der Waals surface area contributed by atoms with Crippen LogP contribution >= 0.6 is 35.0 Å². The molecule has 0 saturated heterocycles. The molecule has 8 heteroatoms. The summed E-state index contributed by atoms with van der Waals surface area (Å²) in [5.74, 6) is 0.318. The van der Waals surface area contributed by atoms with E-state index in [0.29, 0.717) is 32.8 Å². The van der Waals surface area contributed by atoms with E-state index in [9.17, 15) is 4.79 Å². The first-order valence-corrected chi connectivity index (χ1v) is 14.3. The van der Waals surface area contributed by atoms with Crippen LogP contribution in [-0.2, 0) is 4.79 Å². The number of rotatable bonds is 7. The van der Waals surface area contributed by atoms with Crippen LogP contribution in [0.25, 0.3) is 23.0 Å². The first-order chi connectivity index (χ1) is 19.5. The van der Waals surface area contributed by atoms with Gasteiger partial charge in [0.1, 0.15) is 0 Å². The highest BCUT2D eigenvalue weighted by molar-refractivity contribution is 8.00. The number of para-hydroxylation sites is 2. The smallest absolute Gasteiger partial charge is 0.267 e. The monoisotopic (exact) mass is 580 g/mol. The molecule has 1 amide bonds. The minimum absolute atomic E-state index is 0.188. The summed E-state index contributed by atoms with van der Waals surface area (Å²) in [5, 5.41) is 12.5. The van der Waals surface area contributed by atoms with E-state index < -0.39 is 0 Å². The van der Waals surface area contributed by atoms with Crippen molar-refractivity contribution in [2.24, 2.45) is 5.10 Å². The second-order valence-electron chi connectivity index (χ2n) is 9.02. The van der Waals surface area contributed by atoms with Gasteiger partial charge >= 0.3 is 0 Å². The van der Waals surface area contributed by atoms with Crippen molar-refractivity contribution in [3.05, 3.63) is 137 Å². The molecule has 2 heterocycles. The molecule has 0 saturated carbocycles. The average molecular weight is 582 g/mol. The van der Waals surface area contributed by atoms with E-state index in [1.807, 2.05) is 126 Å². The highest BCUT2D eigenvalue weighted by Crippen LogP contribution is 2.32. The minimum atomic E-state index is -0.188. The number of hydrazone groups is 1. The van der Waals surface area contributed by atoms with Crippen molar-refractivity contribution < 1.29 is 4.79 Å². The largest absolute Gasteiger partial charge is 0.280 e. The van der Waals surface area contributed by atoms with Crippen LogP contribution in [0.3, 0.4) is 0 Å². The first kappa shape index (κ1) is 26.1. The Hall–Kier alpha value is -4.10. The lowest BCUT2D eigenvalue weighted by molar-refractivity contribution is -0.114. The zero-order valence-corrected chi connectivity index (χ0v) is 23.4. The van der Waals surface area contributed by atoms with E-state index in [0.717, 1.165) is 27.4 Å². The topological polar surface area (TPSA) is 50.5 Å². The third-order valence-electron chi connectivity index (χ3n) is 6.33. The predicted octanol–water partition coefficient (Wildman–Crippen LogP) is 8.42. The van der Waals surface area contributed by atoms with Gasteiger partial charge < -0.3 is 0 Å². The Balaban J connectivity index is 1.43. The Morgan fingerprint density at radius 2 is 1.35 bits per heavy atom. The Kier molecular flexibility index (Phi) is 7.55. The lowest BCUT2D eigenvalue weighted by atomic mass is 10.0. The van der Waals surface area contributed by atoms with Crippen molar-refractivity contribution in [2.75, 3.05) is 10.8 Å². The fourth-order valence-corrected chi connectivity index (χ4v) is 5.43. The molecule has 1 aliphatic rings. The fourth-order valence-electron chi connectivity index (χ4n) is 4.33. The quantitative estimate of drug-likeness (QED) is 0.143. The van der Waals surface area contributed by atoms with Crippen molar-refractivity contribution in [3.8, 4) is 16.9 Å². The highest BCUT2D eigenvalue weighted by Gasteiger charge is 2.31. The van der Waals surface area contributed by atoms with Gasteiger partial charge in [0.25, 0.3) is 5.91 Å². The standard InChI is InChI=1S/C32H22Cl2N4OS/c33-24-13-11-22(12-14-24)31-23(20-37(36-31)26-7-3-1-4-8-26)19-29-30(21-40-28-17-15-25(34)16-18-28)35-38(32(29)39)27-9-5-2-6-10-27/h1-20H,21H2. The molecule has 0 fully saturated rings. The van der Waals surface area contributed by atoms with Gasteiger partial charge in [-0.2, -0.15) is 15.2 Å². The number of halogens is 2. The van der Waals surface area contributed by atoms with Crippen LogP contribution in [-0.4, -0.2) is 27.2 Å². The van der Waals surface area contributed by atoms with Crippen LogP contribution in [0.2, 0.25) is 10.0 Å². The van der Waals surface area contributed by atoms with Gasteiger partial charge in [-0.3, -0.25) is 4.79 Å². The number of hydrogen-bond acceptors (Lipinski definition) is 4. The normalized spacial score (nSPS) is 14.2. The molecular weight excluding hydrogens is 559 g/mol. The van der Waals surface area contributed by atoms with E-state index in [-0.39, 0.29) is 5.91 Å². The number of amides is 1. The number of benzene rings is 4. The number of carbonyl (C=O) groups excluding carboxylic acids is 1. The molecule has 0 atom stereocenters. The molecule has 40 heavy (non-hydrogen) atoms. The van der Waals surface area contributed by atoms with Crippen LogP contribution in [0.4, 0.5) is 5.69 Å². The molecule has 0 spiro atoms. The summed E-state index contributed by atoms with van der Waals surface area (Å²) in [5.41, 5.74) is 5.26. The Morgan fingerprint density at radius 1 is 0.750 bits per heavy atom. The van der Waals surface area contributed by atoms with E-state index in [2.05, 4.69) is 0 Å². The molecule has 0 unspecified atom stereocenters. The first-order valence-electron chi connectivity index (χ1n) is 12.5. The maximum atomic E-state index is 13.8. The molecular formula is C32H22Cl2N4OS. The SMILES string of the molecule is O=C1C(=Cc2cn(-c3ccccc3)nc2-c2ccc(Cl)cc2)C(CSc2ccc(Cl)cc2)=NN1c1ccccc1. The molecule has 196 valence electrons. The van der Waals surface area contributed by atoms with Gasteiger partial charge in [-0.1, -0.05) is 71.7 Å². The molecule has 0 bridgehead atoms. The van der Waals surface area contributed by atoms with Crippen molar-refractivity contribution >= 4 is 58.3 Å². The number of hydrogen-bond donors (Lipinski definition) is 0. The fraction of sp³-hybridized carbons (Fsp3) is 0.0312. The summed E-state index contributed by atoms with van der Waals surface area (Å²) in [4.78, 5) is 14.9. The molecule has 1 aromatic heterocycles. The molecule has 0 radical (unpaired) electrons. The summed E-state index contributed by atoms with van der Waals surface area (Å²) in [6.07, 6.45) is 3.83. The molecule has 6 rings (SSSR count). The van der Waals surface area contributed by atoms with Crippen molar-refractivity contribution in [1.82, 2.24) is 9.78 Å². The second-order valence-corrected chi connectivity index (χ2v) is 10.9. The maximum absolute atomic E-state index is 13.8. The van der Waals surface area contributed by atoms with Crippen LogP contribution in [0, 0.1) is 0 Å². The van der Waals surface area contributed by atoms with Crippen molar-refractivity contribution in [3.63, 3.8) is 0 Å². The van der Waals surface area contributed by atoms with Gasteiger partial charge in [0.05, 0.1) is 28.4 Å². The number of carbonyl (C=O) groups is 1. The van der Waals surface area contributed by atoms with Gasteiger partial charge in [-0.25, -0.2) is 4.68 Å². The number of nitrogens with zero attached hydrogens (tertiary/aromatic N) is 4. The molecule has 4 aromatic carbocycles. The van der Waals surface area contributed by atoms with Crippen LogP contribution < -0.4 is 5.01 Å². The number of thioether (sulfide) groups is 1. The van der Waals surface area contributed by atoms with E-state index in [1.165, 1.54) is 5.01 Å². The lowest BCUT2D eigenvalue weighted by Gasteiger charge is -2.10. The molecule has 1 aliphatic heterocycles. The molecule has 0 aliphatic carbocycles. The van der Waals surface area contributed by atoms with Gasteiger partial charge in [-0.05, 0) is 66.7 Å². The van der Waals surface area contributed by atoms with Crippen LogP contribution in [0.1, 0.15) is 5.56 Å². The van der Waals surface area contributed by atoms with Crippen LogP contribution in [0.5, 0.6) is 0 Å². The summed E-state index contributed by atoms with van der Waals surface area (Å²) in [7, 11) is 0. The van der Waals surface area contributed by atoms with Crippen LogP contribution in [0.15, 0.2) is 131 Å². The predicted molar refractivity (Wildman–Crippen MR) is 166 cm³/mol. The summed E-state index contributed by atoms with van der Waals surface area (Å²) >= 11 is 13.8. The van der Waals surface area contributed by atoms with E-state index >= 15 is 0 Å².